The van der Waals surface area contributed by atoms with Crippen LogP contribution in [0.4, 0.5) is 5.69 Å². The minimum absolute atomic E-state index is 0.117. The van der Waals surface area contributed by atoms with E-state index in [0.29, 0.717) is 55.4 Å². The summed E-state index contributed by atoms with van der Waals surface area (Å²) in [6.07, 6.45) is 4.45. The summed E-state index contributed by atoms with van der Waals surface area (Å²) in [6, 6.07) is 4.96. The monoisotopic (exact) mass is 365 g/mol. The number of anilines is 1. The normalized spacial score (nSPS) is 20.2. The van der Waals surface area contributed by atoms with Gasteiger partial charge in [-0.2, -0.15) is 0 Å². The molecule has 2 amide bonds. The first-order valence-corrected chi connectivity index (χ1v) is 9.14. The third-order valence-electron chi connectivity index (χ3n) is 4.95. The minimum atomic E-state index is -0.812. The Morgan fingerprint density at radius 1 is 1.16 bits per heavy atom. The van der Waals surface area contributed by atoms with Crippen molar-refractivity contribution in [1.29, 1.82) is 0 Å². The molecular formula is C18H24ClN3O3. The Morgan fingerprint density at radius 2 is 1.84 bits per heavy atom. The van der Waals surface area contributed by atoms with Crippen molar-refractivity contribution in [3.63, 3.8) is 0 Å². The lowest BCUT2D eigenvalue weighted by Crippen LogP contribution is -2.52. The Labute approximate surface area is 152 Å². The summed E-state index contributed by atoms with van der Waals surface area (Å²) in [5.74, 6) is -0.302. The van der Waals surface area contributed by atoms with E-state index in [1.165, 1.54) is 0 Å². The molecule has 1 saturated carbocycles. The van der Waals surface area contributed by atoms with Gasteiger partial charge in [-0.3, -0.25) is 9.59 Å². The maximum atomic E-state index is 12.5. The van der Waals surface area contributed by atoms with Crippen LogP contribution in [0.5, 0.6) is 0 Å². The van der Waals surface area contributed by atoms with Crippen LogP contribution >= 0.6 is 11.6 Å². The Kier molecular flexibility index (Phi) is 5.61. The van der Waals surface area contributed by atoms with Gasteiger partial charge in [0.1, 0.15) is 0 Å². The van der Waals surface area contributed by atoms with E-state index in [1.807, 2.05) is 0 Å². The van der Waals surface area contributed by atoms with Gasteiger partial charge >= 0.3 is 0 Å². The largest absolute Gasteiger partial charge is 0.378 e. The Bertz CT molecular complexity index is 653. The number of rotatable bonds is 3. The lowest BCUT2D eigenvalue weighted by molar-refractivity contribution is -0.122. The molecule has 2 aliphatic rings. The second-order valence-electron chi connectivity index (χ2n) is 6.77. The first kappa shape index (κ1) is 18.2. The van der Waals surface area contributed by atoms with Crippen LogP contribution in [-0.2, 0) is 9.53 Å². The molecule has 7 heteroatoms. The van der Waals surface area contributed by atoms with Crippen LogP contribution in [0.1, 0.15) is 42.5 Å². The van der Waals surface area contributed by atoms with Gasteiger partial charge in [0.15, 0.2) is 0 Å². The smallest absolute Gasteiger partial charge is 0.255 e. The molecule has 0 bridgehead atoms. The molecule has 25 heavy (non-hydrogen) atoms. The van der Waals surface area contributed by atoms with Crippen LogP contribution in [0.2, 0.25) is 5.02 Å². The average Bonchev–Trinajstić information content (AvgIpc) is 2.63. The number of nitrogens with one attached hydrogen (secondary N) is 1. The van der Waals surface area contributed by atoms with Crippen molar-refractivity contribution < 1.29 is 14.3 Å². The van der Waals surface area contributed by atoms with E-state index in [-0.39, 0.29) is 11.8 Å². The molecule has 1 saturated heterocycles. The van der Waals surface area contributed by atoms with E-state index in [0.717, 1.165) is 19.3 Å². The van der Waals surface area contributed by atoms with E-state index in [9.17, 15) is 9.59 Å². The van der Waals surface area contributed by atoms with Gasteiger partial charge in [-0.15, -0.1) is 0 Å². The van der Waals surface area contributed by atoms with Crippen LogP contribution < -0.4 is 11.1 Å². The quantitative estimate of drug-likeness (QED) is 0.861. The predicted molar refractivity (Wildman–Crippen MR) is 96.8 cm³/mol. The second-order valence-corrected chi connectivity index (χ2v) is 7.18. The number of morpholine rings is 1. The lowest BCUT2D eigenvalue weighted by Gasteiger charge is -2.31. The van der Waals surface area contributed by atoms with Crippen LogP contribution in [-0.4, -0.2) is 48.6 Å². The molecule has 3 N–H and O–H groups in total. The number of amides is 2. The van der Waals surface area contributed by atoms with Gasteiger partial charge in [-0.05, 0) is 31.0 Å². The fraction of sp³-hybridized carbons (Fsp3) is 0.556. The van der Waals surface area contributed by atoms with Crippen LogP contribution in [0.3, 0.4) is 0 Å². The molecule has 1 aromatic carbocycles. The molecule has 6 nitrogen and oxygen atoms in total. The molecule has 0 radical (unpaired) electrons. The Morgan fingerprint density at radius 3 is 2.48 bits per heavy atom. The van der Waals surface area contributed by atoms with Crippen molar-refractivity contribution in [2.24, 2.45) is 5.73 Å². The lowest BCUT2D eigenvalue weighted by atomic mass is 9.82. The van der Waals surface area contributed by atoms with Crippen molar-refractivity contribution in [3.8, 4) is 0 Å². The molecule has 136 valence electrons. The third-order valence-corrected chi connectivity index (χ3v) is 5.27. The van der Waals surface area contributed by atoms with Gasteiger partial charge in [0, 0.05) is 18.8 Å². The van der Waals surface area contributed by atoms with Gasteiger partial charge < -0.3 is 20.7 Å². The summed E-state index contributed by atoms with van der Waals surface area (Å²) in [4.78, 5) is 26.8. The highest BCUT2D eigenvalue weighted by molar-refractivity contribution is 6.34. The van der Waals surface area contributed by atoms with Crippen molar-refractivity contribution in [2.45, 2.75) is 37.6 Å². The number of nitrogens with two attached hydrogens (primary N) is 1. The number of benzene rings is 1. The molecule has 1 aliphatic heterocycles. The number of nitrogens with zero attached hydrogens (tertiary/aromatic N) is 1. The van der Waals surface area contributed by atoms with E-state index >= 15 is 0 Å². The van der Waals surface area contributed by atoms with Crippen LogP contribution in [0.15, 0.2) is 18.2 Å². The molecule has 1 aliphatic carbocycles. The van der Waals surface area contributed by atoms with Crippen molar-refractivity contribution in [2.75, 3.05) is 31.6 Å². The molecule has 1 heterocycles. The maximum Gasteiger partial charge on any atom is 0.255 e. The van der Waals surface area contributed by atoms with E-state index < -0.39 is 5.54 Å². The summed E-state index contributed by atoms with van der Waals surface area (Å²) in [6.45, 7) is 2.19. The highest BCUT2D eigenvalue weighted by atomic mass is 35.5. The fourth-order valence-corrected chi connectivity index (χ4v) is 3.63. The molecule has 3 rings (SSSR count). The van der Waals surface area contributed by atoms with E-state index in [1.54, 1.807) is 23.1 Å². The van der Waals surface area contributed by atoms with Gasteiger partial charge in [0.05, 0.1) is 29.3 Å². The number of halogens is 1. The Hall–Kier alpha value is -1.63. The molecule has 1 aromatic rings. The van der Waals surface area contributed by atoms with E-state index in [2.05, 4.69) is 5.32 Å². The first-order chi connectivity index (χ1) is 12.0. The van der Waals surface area contributed by atoms with Crippen molar-refractivity contribution >= 4 is 29.1 Å². The summed E-state index contributed by atoms with van der Waals surface area (Å²) >= 11 is 6.29. The zero-order chi connectivity index (χ0) is 17.9. The van der Waals surface area contributed by atoms with Crippen molar-refractivity contribution in [1.82, 2.24) is 4.90 Å². The molecule has 2 fully saturated rings. The summed E-state index contributed by atoms with van der Waals surface area (Å²) < 4.78 is 5.26. The fourth-order valence-electron chi connectivity index (χ4n) is 3.37. The summed E-state index contributed by atoms with van der Waals surface area (Å²) in [5, 5.41) is 3.17. The highest BCUT2D eigenvalue weighted by Crippen LogP contribution is 2.28. The molecule has 0 unspecified atom stereocenters. The average molecular weight is 366 g/mol. The van der Waals surface area contributed by atoms with Gasteiger partial charge in [0.2, 0.25) is 5.91 Å². The zero-order valence-corrected chi connectivity index (χ0v) is 15.0. The van der Waals surface area contributed by atoms with Gasteiger partial charge in [0.25, 0.3) is 5.91 Å². The van der Waals surface area contributed by atoms with Crippen LogP contribution in [0, 0.1) is 0 Å². The summed E-state index contributed by atoms with van der Waals surface area (Å²) in [7, 11) is 0. The number of carbonyl (C=O) groups is 2. The maximum absolute atomic E-state index is 12.5. The van der Waals surface area contributed by atoms with Crippen molar-refractivity contribution in [3.05, 3.63) is 28.8 Å². The zero-order valence-electron chi connectivity index (χ0n) is 14.2. The second kappa shape index (κ2) is 7.72. The first-order valence-electron chi connectivity index (χ1n) is 8.76. The molecule has 0 aromatic heterocycles. The number of ether oxygens (including phenoxy) is 1. The summed E-state index contributed by atoms with van der Waals surface area (Å²) in [5.41, 5.74) is 6.43. The highest BCUT2D eigenvalue weighted by Gasteiger charge is 2.35. The minimum Gasteiger partial charge on any atom is -0.378 e. The Balaban J connectivity index is 1.69. The van der Waals surface area contributed by atoms with Gasteiger partial charge in [-0.1, -0.05) is 30.9 Å². The molecule has 0 atom stereocenters. The number of hydrogen-bond donors (Lipinski definition) is 2. The van der Waals surface area contributed by atoms with E-state index in [4.69, 9.17) is 22.1 Å². The number of carbonyl (C=O) groups excluding carboxylic acids is 2. The van der Waals surface area contributed by atoms with Gasteiger partial charge in [-0.25, -0.2) is 0 Å². The topological polar surface area (TPSA) is 84.7 Å². The molecular weight excluding hydrogens is 342 g/mol. The SMILES string of the molecule is NC1(C(=O)Nc2ccc(C(=O)N3CCOCC3)c(Cl)c2)CCCCC1. The predicted octanol–water partition coefficient (Wildman–Crippen LogP) is 2.41. The molecule has 0 spiro atoms. The number of hydrogen-bond acceptors (Lipinski definition) is 4. The van der Waals surface area contributed by atoms with Crippen LogP contribution in [0.25, 0.3) is 0 Å². The third kappa shape index (κ3) is 4.14. The standard InChI is InChI=1S/C18H24ClN3O3/c19-15-12-13(21-17(24)18(20)6-2-1-3-7-18)4-5-14(15)16(23)22-8-10-25-11-9-22/h4-5,12H,1-3,6-11,20H2,(H,21,24).